The SMILES string of the molecule is Cc1nc(C2CCOCC2)sc1C(=O)O. The lowest BCUT2D eigenvalue weighted by molar-refractivity contribution is 0.0701. The molecule has 0 radical (unpaired) electrons. The van der Waals surface area contributed by atoms with Gasteiger partial charge in [0.2, 0.25) is 0 Å². The van der Waals surface area contributed by atoms with Crippen LogP contribution in [0.3, 0.4) is 0 Å². The van der Waals surface area contributed by atoms with Crippen LogP contribution in [0.1, 0.15) is 39.1 Å². The molecule has 4 nitrogen and oxygen atoms in total. The summed E-state index contributed by atoms with van der Waals surface area (Å²) < 4.78 is 5.27. The normalized spacial score (nSPS) is 17.9. The Morgan fingerprint density at radius 1 is 1.53 bits per heavy atom. The topological polar surface area (TPSA) is 59.4 Å². The number of carboxylic acid groups (broad SMARTS) is 1. The van der Waals surface area contributed by atoms with Crippen LogP contribution in [0.2, 0.25) is 0 Å². The first kappa shape index (κ1) is 10.6. The van der Waals surface area contributed by atoms with Gasteiger partial charge in [0, 0.05) is 19.1 Å². The highest BCUT2D eigenvalue weighted by Gasteiger charge is 2.22. The maximum Gasteiger partial charge on any atom is 0.347 e. The van der Waals surface area contributed by atoms with Crippen molar-refractivity contribution >= 4 is 17.3 Å². The van der Waals surface area contributed by atoms with Gasteiger partial charge in [-0.25, -0.2) is 9.78 Å². The summed E-state index contributed by atoms with van der Waals surface area (Å²) in [6.07, 6.45) is 1.90. The summed E-state index contributed by atoms with van der Waals surface area (Å²) in [7, 11) is 0. The predicted octanol–water partition coefficient (Wildman–Crippen LogP) is 2.04. The Labute approximate surface area is 91.9 Å². The fourth-order valence-electron chi connectivity index (χ4n) is 1.73. The molecular weight excluding hydrogens is 214 g/mol. The van der Waals surface area contributed by atoms with E-state index in [9.17, 15) is 4.79 Å². The number of aromatic carboxylic acids is 1. The van der Waals surface area contributed by atoms with E-state index in [-0.39, 0.29) is 0 Å². The first-order valence-corrected chi connectivity index (χ1v) is 5.78. The van der Waals surface area contributed by atoms with Crippen molar-refractivity contribution in [1.29, 1.82) is 0 Å². The number of hydrogen-bond donors (Lipinski definition) is 1. The number of carboxylic acids is 1. The molecular formula is C10H13NO3S. The van der Waals surface area contributed by atoms with Crippen LogP contribution in [-0.2, 0) is 4.74 Å². The van der Waals surface area contributed by atoms with Crippen LogP contribution in [0.4, 0.5) is 0 Å². The first-order valence-electron chi connectivity index (χ1n) is 4.97. The molecule has 2 rings (SSSR count). The average Bonchev–Trinajstić information content (AvgIpc) is 2.62. The van der Waals surface area contributed by atoms with E-state index in [4.69, 9.17) is 9.84 Å². The van der Waals surface area contributed by atoms with E-state index in [1.54, 1.807) is 6.92 Å². The van der Waals surface area contributed by atoms with Gasteiger partial charge in [0.1, 0.15) is 4.88 Å². The lowest BCUT2D eigenvalue weighted by Gasteiger charge is -2.19. The van der Waals surface area contributed by atoms with Gasteiger partial charge in [-0.2, -0.15) is 0 Å². The Balaban J connectivity index is 2.21. The number of ether oxygens (including phenoxy) is 1. The molecule has 1 aromatic rings. The number of carbonyl (C=O) groups is 1. The van der Waals surface area contributed by atoms with Crippen LogP contribution in [0.15, 0.2) is 0 Å². The Morgan fingerprint density at radius 3 is 2.73 bits per heavy atom. The molecule has 1 N–H and O–H groups in total. The highest BCUT2D eigenvalue weighted by atomic mass is 32.1. The van der Waals surface area contributed by atoms with Crippen molar-refractivity contribution in [2.75, 3.05) is 13.2 Å². The molecule has 1 fully saturated rings. The molecule has 15 heavy (non-hydrogen) atoms. The van der Waals surface area contributed by atoms with Crippen LogP contribution in [0.25, 0.3) is 0 Å². The van der Waals surface area contributed by atoms with Gasteiger partial charge in [0.15, 0.2) is 0 Å². The summed E-state index contributed by atoms with van der Waals surface area (Å²) in [4.78, 5) is 15.6. The number of nitrogens with zero attached hydrogens (tertiary/aromatic N) is 1. The van der Waals surface area contributed by atoms with Gasteiger partial charge in [-0.1, -0.05) is 0 Å². The number of aromatic nitrogens is 1. The third-order valence-corrected chi connectivity index (χ3v) is 3.89. The van der Waals surface area contributed by atoms with Gasteiger partial charge in [-0.05, 0) is 19.8 Å². The zero-order valence-electron chi connectivity index (χ0n) is 8.52. The molecule has 2 heterocycles. The third-order valence-electron chi connectivity index (χ3n) is 2.58. The quantitative estimate of drug-likeness (QED) is 0.840. The monoisotopic (exact) mass is 227 g/mol. The van der Waals surface area contributed by atoms with Gasteiger partial charge in [-0.15, -0.1) is 11.3 Å². The molecule has 0 spiro atoms. The van der Waals surface area contributed by atoms with E-state index < -0.39 is 5.97 Å². The second-order valence-electron chi connectivity index (χ2n) is 3.66. The van der Waals surface area contributed by atoms with Crippen molar-refractivity contribution in [3.8, 4) is 0 Å². The van der Waals surface area contributed by atoms with E-state index in [1.807, 2.05) is 0 Å². The van der Waals surface area contributed by atoms with Gasteiger partial charge >= 0.3 is 5.97 Å². The van der Waals surface area contributed by atoms with E-state index in [0.717, 1.165) is 31.1 Å². The molecule has 1 saturated heterocycles. The highest BCUT2D eigenvalue weighted by Crippen LogP contribution is 2.31. The molecule has 1 aliphatic heterocycles. The van der Waals surface area contributed by atoms with Crippen molar-refractivity contribution in [3.63, 3.8) is 0 Å². The smallest absolute Gasteiger partial charge is 0.347 e. The number of hydrogen-bond acceptors (Lipinski definition) is 4. The molecule has 0 atom stereocenters. The molecule has 82 valence electrons. The Kier molecular flexibility index (Phi) is 3.02. The second-order valence-corrected chi connectivity index (χ2v) is 4.69. The molecule has 0 aromatic carbocycles. The van der Waals surface area contributed by atoms with Gasteiger partial charge in [-0.3, -0.25) is 0 Å². The Bertz CT molecular complexity index is 369. The summed E-state index contributed by atoms with van der Waals surface area (Å²) >= 11 is 1.31. The summed E-state index contributed by atoms with van der Waals surface area (Å²) in [5.41, 5.74) is 0.633. The lowest BCUT2D eigenvalue weighted by atomic mass is 10.0. The molecule has 1 aliphatic rings. The van der Waals surface area contributed by atoms with Crippen LogP contribution >= 0.6 is 11.3 Å². The van der Waals surface area contributed by atoms with Crippen molar-refractivity contribution < 1.29 is 14.6 Å². The summed E-state index contributed by atoms with van der Waals surface area (Å²) in [5.74, 6) is -0.487. The molecule has 0 bridgehead atoms. The number of thiazole rings is 1. The van der Waals surface area contributed by atoms with Crippen molar-refractivity contribution in [3.05, 3.63) is 15.6 Å². The molecule has 0 saturated carbocycles. The van der Waals surface area contributed by atoms with E-state index >= 15 is 0 Å². The molecule has 0 amide bonds. The van der Waals surface area contributed by atoms with Gasteiger partial charge < -0.3 is 9.84 Å². The Hall–Kier alpha value is -0.940. The molecule has 1 aromatic heterocycles. The van der Waals surface area contributed by atoms with Crippen LogP contribution in [-0.4, -0.2) is 29.3 Å². The third kappa shape index (κ3) is 2.18. The standard InChI is InChI=1S/C10H13NO3S/c1-6-8(10(12)13)15-9(11-6)7-2-4-14-5-3-7/h7H,2-5H2,1H3,(H,12,13). The zero-order valence-corrected chi connectivity index (χ0v) is 9.34. The number of aryl methyl sites for hydroxylation is 1. The number of rotatable bonds is 2. The van der Waals surface area contributed by atoms with Crippen molar-refractivity contribution in [1.82, 2.24) is 4.98 Å². The minimum atomic E-state index is -0.872. The maximum atomic E-state index is 10.9. The summed E-state index contributed by atoms with van der Waals surface area (Å²) in [6.45, 7) is 3.26. The van der Waals surface area contributed by atoms with Gasteiger partial charge in [0.05, 0.1) is 10.7 Å². The fraction of sp³-hybridized carbons (Fsp3) is 0.600. The molecule has 5 heteroatoms. The largest absolute Gasteiger partial charge is 0.477 e. The van der Waals surface area contributed by atoms with Crippen molar-refractivity contribution in [2.45, 2.75) is 25.7 Å². The lowest BCUT2D eigenvalue weighted by Crippen LogP contribution is -2.13. The van der Waals surface area contributed by atoms with Crippen LogP contribution in [0.5, 0.6) is 0 Å². The maximum absolute atomic E-state index is 10.9. The van der Waals surface area contributed by atoms with Crippen LogP contribution in [0, 0.1) is 6.92 Å². The van der Waals surface area contributed by atoms with E-state index in [0.29, 0.717) is 16.5 Å². The predicted molar refractivity (Wildman–Crippen MR) is 56.6 cm³/mol. The highest BCUT2D eigenvalue weighted by molar-refractivity contribution is 7.13. The fourth-order valence-corrected chi connectivity index (χ4v) is 2.81. The van der Waals surface area contributed by atoms with Crippen LogP contribution < -0.4 is 0 Å². The van der Waals surface area contributed by atoms with E-state index in [2.05, 4.69) is 4.98 Å². The van der Waals surface area contributed by atoms with Gasteiger partial charge in [0.25, 0.3) is 0 Å². The second kappa shape index (κ2) is 4.28. The minimum Gasteiger partial charge on any atom is -0.477 e. The Morgan fingerprint density at radius 2 is 2.20 bits per heavy atom. The molecule has 0 aliphatic carbocycles. The average molecular weight is 227 g/mol. The molecule has 0 unspecified atom stereocenters. The zero-order chi connectivity index (χ0) is 10.8. The minimum absolute atomic E-state index is 0.372. The summed E-state index contributed by atoms with van der Waals surface area (Å²) in [6, 6.07) is 0. The van der Waals surface area contributed by atoms with Crippen molar-refractivity contribution in [2.24, 2.45) is 0 Å². The van der Waals surface area contributed by atoms with E-state index in [1.165, 1.54) is 11.3 Å². The first-order chi connectivity index (χ1) is 7.18. The summed E-state index contributed by atoms with van der Waals surface area (Å²) in [5, 5.41) is 9.88.